The normalized spacial score (nSPS) is 10.7. The second-order valence-corrected chi connectivity index (χ2v) is 5.84. The highest BCUT2D eigenvalue weighted by atomic mass is 16.3. The van der Waals surface area contributed by atoms with E-state index >= 15 is 0 Å². The predicted molar refractivity (Wildman–Crippen MR) is 106 cm³/mol. The molecular weight excluding hydrogens is 360 g/mol. The Kier molecular flexibility index (Phi) is 4.13. The molecule has 28 heavy (non-hydrogen) atoms. The summed E-state index contributed by atoms with van der Waals surface area (Å²) in [6.07, 6.45) is 0. The maximum absolute atomic E-state index is 10.9. The van der Waals surface area contributed by atoms with E-state index in [0.717, 1.165) is 0 Å². The van der Waals surface area contributed by atoms with E-state index in [9.17, 15) is 9.81 Å². The monoisotopic (exact) mass is 372 g/mol. The number of nitrogen functional groups attached to an aromatic ring is 2. The molecule has 2 aromatic heterocycles. The third-order valence-electron chi connectivity index (χ3n) is 4.03. The fraction of sp³-hybridized carbons (Fsp3) is 0. The van der Waals surface area contributed by atoms with Crippen molar-refractivity contribution in [3.8, 4) is 22.5 Å². The zero-order valence-corrected chi connectivity index (χ0v) is 14.3. The largest absolute Gasteiger partial charge is 0.382 e. The lowest BCUT2D eigenvalue weighted by atomic mass is 10.0. The number of hydrogen-bond acceptors (Lipinski definition) is 10. The Morgan fingerprint density at radius 3 is 1.86 bits per heavy atom. The molecule has 0 atom stereocenters. The van der Waals surface area contributed by atoms with Gasteiger partial charge in [-0.25, -0.2) is 9.97 Å². The molecule has 10 nitrogen and oxygen atoms in total. The number of anilines is 2. The summed E-state index contributed by atoms with van der Waals surface area (Å²) in [5.74, 6) is 0.0456. The quantitative estimate of drug-likeness (QED) is 0.512. The van der Waals surface area contributed by atoms with Gasteiger partial charge >= 0.3 is 0 Å². The van der Waals surface area contributed by atoms with Crippen molar-refractivity contribution >= 4 is 34.3 Å². The number of hydrogen-bond donors (Lipinski definition) is 2. The molecule has 136 valence electrons. The summed E-state index contributed by atoms with van der Waals surface area (Å²) in [5, 5.41) is 5.91. The highest BCUT2D eigenvalue weighted by molar-refractivity contribution is 5.90. The summed E-state index contributed by atoms with van der Waals surface area (Å²) in [5.41, 5.74) is 14.5. The second kappa shape index (κ2) is 6.76. The van der Waals surface area contributed by atoms with Gasteiger partial charge in [0, 0.05) is 11.1 Å². The number of fused-ring (bicyclic) bond motifs is 1. The minimum atomic E-state index is -0.0338. The second-order valence-electron chi connectivity index (χ2n) is 5.84. The summed E-state index contributed by atoms with van der Waals surface area (Å²) in [6.45, 7) is 0. The van der Waals surface area contributed by atoms with Crippen LogP contribution in [0.3, 0.4) is 0 Å². The van der Waals surface area contributed by atoms with Crippen LogP contribution in [0.15, 0.2) is 58.9 Å². The van der Waals surface area contributed by atoms with Crippen LogP contribution in [0.1, 0.15) is 0 Å². The molecule has 0 radical (unpaired) electrons. The fourth-order valence-electron chi connectivity index (χ4n) is 2.81. The van der Waals surface area contributed by atoms with Crippen LogP contribution in [-0.2, 0) is 0 Å². The molecule has 2 heterocycles. The van der Waals surface area contributed by atoms with E-state index < -0.39 is 0 Å². The van der Waals surface area contributed by atoms with Crippen LogP contribution in [0.25, 0.3) is 33.7 Å². The first-order valence-corrected chi connectivity index (χ1v) is 8.07. The van der Waals surface area contributed by atoms with Gasteiger partial charge < -0.3 is 11.5 Å². The summed E-state index contributed by atoms with van der Waals surface area (Å²) >= 11 is 0. The average Bonchev–Trinajstić information content (AvgIpc) is 2.73. The molecule has 0 unspecified atom stereocenters. The third kappa shape index (κ3) is 2.98. The van der Waals surface area contributed by atoms with Crippen LogP contribution in [-0.4, -0.2) is 19.9 Å². The van der Waals surface area contributed by atoms with Gasteiger partial charge in [-0.05, 0) is 34.6 Å². The van der Waals surface area contributed by atoms with Gasteiger partial charge in [-0.15, -0.1) is 9.81 Å². The standard InChI is InChI=1S/C18H12N8O2/c19-16-15-17(24-18(20)23-16)22-14(10-4-2-6-12(8-10)26-28)13(21-15)9-3-1-5-11(7-9)25-27/h1-8H,(H4,19,20,22,23,24). The Bertz CT molecular complexity index is 1240. The molecule has 4 aromatic rings. The first-order valence-electron chi connectivity index (χ1n) is 8.07. The van der Waals surface area contributed by atoms with E-state index in [1.807, 2.05) is 0 Å². The van der Waals surface area contributed by atoms with Crippen molar-refractivity contribution in [3.63, 3.8) is 0 Å². The highest BCUT2D eigenvalue weighted by Crippen LogP contribution is 2.34. The Morgan fingerprint density at radius 1 is 0.714 bits per heavy atom. The molecule has 10 heteroatoms. The van der Waals surface area contributed by atoms with E-state index in [4.69, 9.17) is 11.5 Å². The van der Waals surface area contributed by atoms with E-state index in [1.165, 1.54) is 0 Å². The lowest BCUT2D eigenvalue weighted by Gasteiger charge is -2.11. The predicted octanol–water partition coefficient (Wildman–Crippen LogP) is 3.71. The lowest BCUT2D eigenvalue weighted by molar-refractivity contribution is 1.17. The molecule has 0 bridgehead atoms. The van der Waals surface area contributed by atoms with Crippen LogP contribution < -0.4 is 11.5 Å². The maximum Gasteiger partial charge on any atom is 0.224 e. The summed E-state index contributed by atoms with van der Waals surface area (Å²) in [7, 11) is 0. The molecule has 0 saturated carbocycles. The molecule has 0 aliphatic heterocycles. The van der Waals surface area contributed by atoms with E-state index in [-0.39, 0.29) is 34.3 Å². The average molecular weight is 372 g/mol. The van der Waals surface area contributed by atoms with Gasteiger partial charge in [-0.1, -0.05) is 24.3 Å². The molecule has 0 spiro atoms. The number of aromatic nitrogens is 4. The molecule has 4 rings (SSSR count). The van der Waals surface area contributed by atoms with Crippen molar-refractivity contribution in [3.05, 3.63) is 58.3 Å². The lowest BCUT2D eigenvalue weighted by Crippen LogP contribution is -2.05. The molecule has 0 amide bonds. The fourth-order valence-corrected chi connectivity index (χ4v) is 2.81. The molecule has 0 saturated heterocycles. The van der Waals surface area contributed by atoms with Crippen LogP contribution in [0.4, 0.5) is 23.1 Å². The topological polar surface area (TPSA) is 162 Å². The molecule has 4 N–H and O–H groups in total. The molecule has 0 aliphatic carbocycles. The summed E-state index contributed by atoms with van der Waals surface area (Å²) < 4.78 is 0. The molecular formula is C18H12N8O2. The Labute approximate surface area is 157 Å². The van der Waals surface area contributed by atoms with Gasteiger partial charge in [0.2, 0.25) is 5.95 Å². The Hall–Kier alpha value is -4.34. The molecule has 0 fully saturated rings. The van der Waals surface area contributed by atoms with E-state index in [2.05, 4.69) is 30.3 Å². The van der Waals surface area contributed by atoms with E-state index in [1.54, 1.807) is 48.5 Å². The van der Waals surface area contributed by atoms with Gasteiger partial charge in [-0.3, -0.25) is 0 Å². The van der Waals surface area contributed by atoms with Crippen molar-refractivity contribution in [2.45, 2.75) is 0 Å². The first-order chi connectivity index (χ1) is 13.6. The summed E-state index contributed by atoms with van der Waals surface area (Å²) in [4.78, 5) is 39.0. The Morgan fingerprint density at radius 2 is 1.29 bits per heavy atom. The van der Waals surface area contributed by atoms with Crippen LogP contribution in [0.2, 0.25) is 0 Å². The SMILES string of the molecule is Nc1nc(N)c2nc(-c3cccc(N=O)c3)c(-c3cccc(N=O)c3)nc2n1. The van der Waals surface area contributed by atoms with Gasteiger partial charge in [0.05, 0.1) is 11.4 Å². The molecule has 2 aromatic carbocycles. The van der Waals surface area contributed by atoms with Crippen LogP contribution in [0, 0.1) is 9.81 Å². The smallest absolute Gasteiger partial charge is 0.224 e. The first kappa shape index (κ1) is 17.1. The maximum atomic E-state index is 10.9. The van der Waals surface area contributed by atoms with Gasteiger partial charge in [0.15, 0.2) is 17.0 Å². The number of nitroso groups, excluding NO2 is 2. The zero-order chi connectivity index (χ0) is 19.7. The van der Waals surface area contributed by atoms with Crippen molar-refractivity contribution < 1.29 is 0 Å². The minimum absolute atomic E-state index is 0.0338. The summed E-state index contributed by atoms with van der Waals surface area (Å²) in [6, 6.07) is 13.1. The minimum Gasteiger partial charge on any atom is -0.382 e. The molecule has 0 aliphatic rings. The van der Waals surface area contributed by atoms with E-state index in [0.29, 0.717) is 22.5 Å². The highest BCUT2D eigenvalue weighted by Gasteiger charge is 2.17. The number of nitrogens with two attached hydrogens (primary N) is 2. The van der Waals surface area contributed by atoms with Crippen molar-refractivity contribution in [1.29, 1.82) is 0 Å². The number of rotatable bonds is 4. The number of nitrogens with zero attached hydrogens (tertiary/aromatic N) is 6. The third-order valence-corrected chi connectivity index (χ3v) is 4.03. The Balaban J connectivity index is 2.07. The zero-order valence-electron chi connectivity index (χ0n) is 14.3. The van der Waals surface area contributed by atoms with Gasteiger partial charge in [0.1, 0.15) is 11.4 Å². The van der Waals surface area contributed by atoms with Gasteiger partial charge in [-0.2, -0.15) is 9.97 Å². The van der Waals surface area contributed by atoms with Gasteiger partial charge in [0.25, 0.3) is 0 Å². The van der Waals surface area contributed by atoms with Crippen LogP contribution in [0.5, 0.6) is 0 Å². The van der Waals surface area contributed by atoms with Crippen molar-refractivity contribution in [2.75, 3.05) is 11.5 Å². The number of benzene rings is 2. The van der Waals surface area contributed by atoms with Crippen molar-refractivity contribution in [1.82, 2.24) is 19.9 Å². The van der Waals surface area contributed by atoms with Crippen LogP contribution >= 0.6 is 0 Å². The van der Waals surface area contributed by atoms with Crippen molar-refractivity contribution in [2.24, 2.45) is 10.4 Å².